The van der Waals surface area contributed by atoms with Crippen molar-refractivity contribution in [3.05, 3.63) is 56.7 Å². The first-order valence-corrected chi connectivity index (χ1v) is 17.5. The van der Waals surface area contributed by atoms with Gasteiger partial charge in [-0.3, -0.25) is 14.4 Å². The molecule has 2 aromatic carbocycles. The molecule has 3 unspecified atom stereocenters. The number of nitrogens with one attached hydrogen (secondary N) is 1. The third-order valence-corrected chi connectivity index (χ3v) is 10.8. The lowest BCUT2D eigenvalue weighted by Crippen LogP contribution is -2.55. The molecule has 12 heteroatoms. The van der Waals surface area contributed by atoms with Crippen LogP contribution < -0.4 is 24.3 Å². The van der Waals surface area contributed by atoms with Crippen molar-refractivity contribution in [3.8, 4) is 23.0 Å². The second-order valence-corrected chi connectivity index (χ2v) is 14.0. The minimum absolute atomic E-state index is 0.0519. The van der Waals surface area contributed by atoms with Gasteiger partial charge in [0.2, 0.25) is 11.8 Å². The number of ether oxygens (including phenoxy) is 4. The number of benzene rings is 2. The lowest BCUT2D eigenvalue weighted by atomic mass is 9.84. The van der Waals surface area contributed by atoms with Crippen molar-refractivity contribution in [1.29, 1.82) is 0 Å². The van der Waals surface area contributed by atoms with Gasteiger partial charge < -0.3 is 39.4 Å². The number of halogens is 1. The van der Waals surface area contributed by atoms with Gasteiger partial charge in [0.25, 0.3) is 0 Å². The van der Waals surface area contributed by atoms with Crippen LogP contribution in [0.4, 0.5) is 0 Å². The van der Waals surface area contributed by atoms with Gasteiger partial charge in [-0.1, -0.05) is 6.42 Å². The maximum atomic E-state index is 14.4. The summed E-state index contributed by atoms with van der Waals surface area (Å²) in [7, 11) is 4.64. The summed E-state index contributed by atoms with van der Waals surface area (Å²) in [5, 5.41) is 24.1. The maximum Gasteiger partial charge on any atom is 0.247 e. The number of aldehydes is 1. The second kappa shape index (κ2) is 16.4. The molecule has 0 heterocycles. The van der Waals surface area contributed by atoms with Crippen molar-refractivity contribution < 1.29 is 43.5 Å². The van der Waals surface area contributed by atoms with E-state index in [0.717, 1.165) is 18.4 Å². The van der Waals surface area contributed by atoms with Crippen molar-refractivity contribution in [3.63, 3.8) is 0 Å². The SMILES string of the molecule is COc1ccc(OC)c(CCN(C(=O)CC2CC3CCC2C3)[C@@H]2CC(C(=O)NCCO)=C[C@H](Oc3c(I)cc(C=O)cc3OC)[C@H]2O)c1. The molecule has 260 valence electrons. The molecule has 6 atom stereocenters. The quantitative estimate of drug-likeness (QED) is 0.181. The largest absolute Gasteiger partial charge is 0.497 e. The van der Waals surface area contributed by atoms with Crippen molar-refractivity contribution in [2.24, 2.45) is 17.8 Å². The van der Waals surface area contributed by atoms with Crippen LogP contribution in [-0.4, -0.2) is 92.5 Å². The van der Waals surface area contributed by atoms with Crippen molar-refractivity contribution in [1.82, 2.24) is 10.2 Å². The molecular formula is C36H45IN2O9. The van der Waals surface area contributed by atoms with E-state index in [0.29, 0.717) is 74.6 Å². The summed E-state index contributed by atoms with van der Waals surface area (Å²) < 4.78 is 23.6. The Morgan fingerprint density at radius 3 is 2.50 bits per heavy atom. The third kappa shape index (κ3) is 8.08. The highest BCUT2D eigenvalue weighted by Gasteiger charge is 2.44. The number of hydrogen-bond acceptors (Lipinski definition) is 9. The number of carbonyl (C=O) groups excluding carboxylic acids is 3. The number of rotatable bonds is 15. The molecule has 2 aromatic rings. The molecule has 5 rings (SSSR count). The number of nitrogens with zero attached hydrogens (tertiary/aromatic N) is 1. The number of amides is 2. The van der Waals surface area contributed by atoms with E-state index in [9.17, 15) is 24.6 Å². The Bertz CT molecular complexity index is 1510. The van der Waals surface area contributed by atoms with Gasteiger partial charge >= 0.3 is 0 Å². The predicted molar refractivity (Wildman–Crippen MR) is 187 cm³/mol. The summed E-state index contributed by atoms with van der Waals surface area (Å²) >= 11 is 2.04. The Labute approximate surface area is 295 Å². The Hall–Kier alpha value is -3.36. The molecule has 2 amide bonds. The number of carbonyl (C=O) groups is 3. The summed E-state index contributed by atoms with van der Waals surface area (Å²) in [6.45, 7) is 0.0777. The standard InChI is InChI=1S/C36H45IN2O9/c1-45-27-6-7-30(46-2)24(16-27)8-10-39(33(42)19-25-13-21-4-5-23(25)12-21)29-17-26(36(44)38-9-11-40)18-31(34(29)43)48-35-28(37)14-22(20-41)15-32(35)47-3/h6-7,14-16,18,20-21,23,25,29,31,34,40,43H,4-5,8-13,17,19H2,1-3H3,(H,38,44)/t21?,23?,25?,29-,31+,34+/m1/s1. The Kier molecular flexibility index (Phi) is 12.2. The highest BCUT2D eigenvalue weighted by atomic mass is 127. The molecule has 0 spiro atoms. The molecule has 0 aliphatic heterocycles. The van der Waals surface area contributed by atoms with E-state index in [2.05, 4.69) is 5.32 Å². The fourth-order valence-electron chi connectivity index (χ4n) is 7.60. The van der Waals surface area contributed by atoms with Gasteiger partial charge in [0, 0.05) is 37.1 Å². The van der Waals surface area contributed by atoms with E-state index in [1.807, 2.05) is 40.8 Å². The van der Waals surface area contributed by atoms with Gasteiger partial charge in [-0.2, -0.15) is 0 Å². The number of hydrogen-bond donors (Lipinski definition) is 3. The van der Waals surface area contributed by atoms with Crippen molar-refractivity contribution >= 4 is 40.7 Å². The van der Waals surface area contributed by atoms with Crippen molar-refractivity contribution in [2.75, 3.05) is 41.0 Å². The predicted octanol–water partition coefficient (Wildman–Crippen LogP) is 3.94. The minimum Gasteiger partial charge on any atom is -0.497 e. The van der Waals surface area contributed by atoms with Gasteiger partial charge in [0.05, 0.1) is 37.5 Å². The topological polar surface area (TPSA) is 144 Å². The lowest BCUT2D eigenvalue weighted by molar-refractivity contribution is -0.140. The van der Waals surface area contributed by atoms with Crippen molar-refractivity contribution in [2.45, 2.75) is 63.2 Å². The van der Waals surface area contributed by atoms with Crippen LogP contribution in [0.15, 0.2) is 42.0 Å². The number of methoxy groups -OCH3 is 3. The summed E-state index contributed by atoms with van der Waals surface area (Å²) in [6.07, 6.45) is 5.50. The average Bonchev–Trinajstić information content (AvgIpc) is 3.72. The summed E-state index contributed by atoms with van der Waals surface area (Å²) in [5.74, 6) is 2.94. The first-order chi connectivity index (χ1) is 23.2. The normalized spacial score (nSPS) is 24.4. The molecule has 3 aliphatic carbocycles. The zero-order valence-corrected chi connectivity index (χ0v) is 29.8. The smallest absolute Gasteiger partial charge is 0.247 e. The molecule has 48 heavy (non-hydrogen) atoms. The Morgan fingerprint density at radius 1 is 1.06 bits per heavy atom. The number of fused-ring (bicyclic) bond motifs is 2. The molecule has 3 aliphatic rings. The zero-order valence-electron chi connectivity index (χ0n) is 27.7. The Morgan fingerprint density at radius 2 is 1.85 bits per heavy atom. The van der Waals surface area contributed by atoms with E-state index in [1.54, 1.807) is 37.3 Å². The highest BCUT2D eigenvalue weighted by Crippen LogP contribution is 2.50. The van der Waals surface area contributed by atoms with E-state index in [4.69, 9.17) is 18.9 Å². The van der Waals surface area contributed by atoms with Gasteiger partial charge in [-0.25, -0.2) is 0 Å². The lowest BCUT2D eigenvalue weighted by Gasteiger charge is -2.41. The Balaban J connectivity index is 1.49. The molecule has 11 nitrogen and oxygen atoms in total. The zero-order chi connectivity index (χ0) is 34.4. The van der Waals surface area contributed by atoms with Crippen LogP contribution in [0.3, 0.4) is 0 Å². The van der Waals surface area contributed by atoms with Crippen LogP contribution in [0.25, 0.3) is 0 Å². The van der Waals surface area contributed by atoms with Crippen LogP contribution in [0.1, 0.15) is 54.4 Å². The van der Waals surface area contributed by atoms with E-state index in [1.165, 1.54) is 20.0 Å². The molecule has 2 saturated carbocycles. The average molecular weight is 777 g/mol. The first kappa shape index (κ1) is 35.9. The number of aliphatic hydroxyl groups is 2. The van der Waals surface area contributed by atoms with Crippen LogP contribution >= 0.6 is 22.6 Å². The van der Waals surface area contributed by atoms with Gasteiger partial charge in [0.1, 0.15) is 30.0 Å². The molecule has 0 aromatic heterocycles. The molecule has 2 bridgehead atoms. The van der Waals surface area contributed by atoms with Crippen LogP contribution in [-0.2, 0) is 16.0 Å². The van der Waals surface area contributed by atoms with Crippen LogP contribution in [0.5, 0.6) is 23.0 Å². The summed E-state index contributed by atoms with van der Waals surface area (Å²) in [6, 6.07) is 7.91. The summed E-state index contributed by atoms with van der Waals surface area (Å²) in [4.78, 5) is 40.9. The molecule has 0 radical (unpaired) electrons. The first-order valence-electron chi connectivity index (χ1n) is 16.5. The highest BCUT2D eigenvalue weighted by molar-refractivity contribution is 14.1. The van der Waals surface area contributed by atoms with E-state index < -0.39 is 24.2 Å². The monoisotopic (exact) mass is 776 g/mol. The second-order valence-electron chi connectivity index (χ2n) is 12.8. The number of aliphatic hydroxyl groups excluding tert-OH is 2. The fraction of sp³-hybridized carbons (Fsp3) is 0.528. The van der Waals surface area contributed by atoms with Crippen LogP contribution in [0, 0.1) is 21.3 Å². The van der Waals surface area contributed by atoms with Gasteiger partial charge in [-0.05, 0) is 108 Å². The molecule has 0 saturated heterocycles. The van der Waals surface area contributed by atoms with Gasteiger partial charge in [0.15, 0.2) is 11.5 Å². The maximum absolute atomic E-state index is 14.4. The molecular weight excluding hydrogens is 731 g/mol. The van der Waals surface area contributed by atoms with Crippen LogP contribution in [0.2, 0.25) is 0 Å². The van der Waals surface area contributed by atoms with Gasteiger partial charge in [-0.15, -0.1) is 0 Å². The molecule has 2 fully saturated rings. The summed E-state index contributed by atoms with van der Waals surface area (Å²) in [5.41, 5.74) is 1.58. The third-order valence-electron chi connectivity index (χ3n) is 10.0. The fourth-order valence-corrected chi connectivity index (χ4v) is 8.35. The minimum atomic E-state index is -1.21. The molecule has 3 N–H and O–H groups in total. The van der Waals surface area contributed by atoms with E-state index in [-0.39, 0.29) is 32.0 Å². The van der Waals surface area contributed by atoms with E-state index >= 15 is 0 Å².